The van der Waals surface area contributed by atoms with Crippen LogP contribution in [0.2, 0.25) is 15.1 Å². The van der Waals surface area contributed by atoms with E-state index < -0.39 is 5.79 Å². The van der Waals surface area contributed by atoms with Crippen molar-refractivity contribution in [2.75, 3.05) is 6.61 Å². The largest absolute Gasteiger partial charge is 0.341 e. The highest BCUT2D eigenvalue weighted by Gasteiger charge is 2.45. The van der Waals surface area contributed by atoms with Crippen molar-refractivity contribution < 1.29 is 9.47 Å². The minimum absolute atomic E-state index is 0.234. The first-order chi connectivity index (χ1) is 12.6. The van der Waals surface area contributed by atoms with Gasteiger partial charge in [-0.15, -0.1) is 0 Å². The van der Waals surface area contributed by atoms with Crippen molar-refractivity contribution in [3.05, 3.63) is 87.4 Å². The monoisotopic (exact) mass is 408 g/mol. The molecule has 1 aliphatic heterocycles. The van der Waals surface area contributed by atoms with E-state index >= 15 is 0 Å². The topological polar surface area (TPSA) is 36.3 Å². The summed E-state index contributed by atoms with van der Waals surface area (Å²) < 4.78 is 14.5. The lowest BCUT2D eigenvalue weighted by molar-refractivity contribution is -0.187. The molecule has 4 rings (SSSR count). The lowest BCUT2D eigenvalue weighted by Crippen LogP contribution is -2.33. The van der Waals surface area contributed by atoms with Crippen LogP contribution in [0, 0.1) is 0 Å². The van der Waals surface area contributed by atoms with Crippen LogP contribution < -0.4 is 0 Å². The number of nitrogens with zero attached hydrogens (tertiary/aromatic N) is 2. The van der Waals surface area contributed by atoms with Gasteiger partial charge in [0.2, 0.25) is 5.79 Å². The molecule has 0 aliphatic carbocycles. The molecular formula is C19H15Cl3N2O2. The molecule has 0 N–H and O–H groups in total. The first-order valence-electron chi connectivity index (χ1n) is 8.04. The first kappa shape index (κ1) is 17.8. The zero-order valence-corrected chi connectivity index (χ0v) is 15.9. The molecule has 1 aliphatic rings. The van der Waals surface area contributed by atoms with Gasteiger partial charge in [-0.25, -0.2) is 4.98 Å². The molecular weight excluding hydrogens is 395 g/mol. The van der Waals surface area contributed by atoms with Gasteiger partial charge >= 0.3 is 0 Å². The highest BCUT2D eigenvalue weighted by molar-refractivity contribution is 6.35. The lowest BCUT2D eigenvalue weighted by Gasteiger charge is -2.30. The van der Waals surface area contributed by atoms with Crippen molar-refractivity contribution in [3.8, 4) is 0 Å². The molecule has 4 nitrogen and oxygen atoms in total. The Hall–Kier alpha value is -1.56. The molecule has 2 aromatic carbocycles. The molecule has 3 aromatic rings. The zero-order valence-electron chi connectivity index (χ0n) is 13.6. The van der Waals surface area contributed by atoms with Crippen molar-refractivity contribution in [1.82, 2.24) is 9.55 Å². The summed E-state index contributed by atoms with van der Waals surface area (Å²) in [5.74, 6) is -1.04. The molecule has 7 heteroatoms. The molecule has 0 saturated carbocycles. The summed E-state index contributed by atoms with van der Waals surface area (Å²) in [5.41, 5.74) is 1.72. The van der Waals surface area contributed by atoms with Crippen LogP contribution in [0.1, 0.15) is 17.2 Å². The standard InChI is InChI=1S/C19H15Cl3N2O2/c20-14-3-1-13(2-4-14)18-10-25-19(26-18,11-24-8-7-23-12-24)16-6-5-15(21)9-17(16)22/h1-9,12,18H,10-11H2. The molecule has 2 atom stereocenters. The number of aromatic nitrogens is 2. The lowest BCUT2D eigenvalue weighted by atomic mass is 10.1. The smallest absolute Gasteiger partial charge is 0.215 e. The minimum atomic E-state index is -1.04. The maximum absolute atomic E-state index is 6.47. The zero-order chi connectivity index (χ0) is 18.1. The molecule has 0 bridgehead atoms. The molecule has 1 aromatic heterocycles. The SMILES string of the molecule is Clc1ccc(C2COC(Cn3ccnc3)(c3ccc(Cl)cc3Cl)O2)cc1. The Morgan fingerprint density at radius 2 is 1.85 bits per heavy atom. The fourth-order valence-electron chi connectivity index (χ4n) is 3.08. The average Bonchev–Trinajstić information content (AvgIpc) is 3.26. The van der Waals surface area contributed by atoms with Crippen molar-refractivity contribution in [1.29, 1.82) is 0 Å². The predicted molar refractivity (Wildman–Crippen MR) is 102 cm³/mol. The third kappa shape index (κ3) is 3.48. The van der Waals surface area contributed by atoms with Crippen molar-refractivity contribution >= 4 is 34.8 Å². The van der Waals surface area contributed by atoms with E-state index in [1.54, 1.807) is 24.7 Å². The van der Waals surface area contributed by atoms with Crippen molar-refractivity contribution in [2.45, 2.75) is 18.4 Å². The maximum Gasteiger partial charge on any atom is 0.215 e. The highest BCUT2D eigenvalue weighted by atomic mass is 35.5. The number of ether oxygens (including phenoxy) is 2. The Balaban J connectivity index is 1.71. The van der Waals surface area contributed by atoms with Gasteiger partial charge in [-0.3, -0.25) is 0 Å². The van der Waals surface area contributed by atoms with E-state index in [9.17, 15) is 0 Å². The van der Waals surface area contributed by atoms with Crippen molar-refractivity contribution in [3.63, 3.8) is 0 Å². The molecule has 0 spiro atoms. The summed E-state index contributed by atoms with van der Waals surface area (Å²) in [5, 5.41) is 1.73. The Morgan fingerprint density at radius 1 is 1.08 bits per heavy atom. The highest BCUT2D eigenvalue weighted by Crippen LogP contribution is 2.44. The molecule has 26 heavy (non-hydrogen) atoms. The number of hydrogen-bond donors (Lipinski definition) is 0. The Kier molecular flexibility index (Phi) is 4.95. The van der Waals surface area contributed by atoms with Crippen LogP contribution in [0.15, 0.2) is 61.2 Å². The van der Waals surface area contributed by atoms with Crippen LogP contribution in [-0.4, -0.2) is 16.2 Å². The van der Waals surface area contributed by atoms with Crippen LogP contribution in [0.3, 0.4) is 0 Å². The van der Waals surface area contributed by atoms with Gasteiger partial charge in [0.05, 0.1) is 24.5 Å². The van der Waals surface area contributed by atoms with Crippen LogP contribution in [0.25, 0.3) is 0 Å². The van der Waals surface area contributed by atoms with E-state index in [1.807, 2.05) is 41.1 Å². The van der Waals surface area contributed by atoms with Gasteiger partial charge in [0, 0.05) is 28.0 Å². The number of rotatable bonds is 4. The summed E-state index contributed by atoms with van der Waals surface area (Å²) >= 11 is 18.5. The van der Waals surface area contributed by atoms with E-state index in [4.69, 9.17) is 44.3 Å². The van der Waals surface area contributed by atoms with E-state index in [1.165, 1.54) is 0 Å². The summed E-state index contributed by atoms with van der Waals surface area (Å²) in [6.45, 7) is 0.813. The number of benzene rings is 2. The molecule has 0 amide bonds. The van der Waals surface area contributed by atoms with Gasteiger partial charge in [-0.1, -0.05) is 53.0 Å². The molecule has 2 unspecified atom stereocenters. The third-order valence-electron chi connectivity index (χ3n) is 4.33. The minimum Gasteiger partial charge on any atom is -0.341 e. The maximum atomic E-state index is 6.47. The van der Waals surface area contributed by atoms with Gasteiger partial charge in [0.25, 0.3) is 0 Å². The second-order valence-corrected chi connectivity index (χ2v) is 7.36. The normalized spacial score (nSPS) is 22.7. The third-order valence-corrected chi connectivity index (χ3v) is 5.13. The molecule has 1 fully saturated rings. The van der Waals surface area contributed by atoms with Gasteiger partial charge < -0.3 is 14.0 Å². The quantitative estimate of drug-likeness (QED) is 0.572. The predicted octanol–water partition coefficient (Wildman–Crippen LogP) is 5.48. The second-order valence-electron chi connectivity index (χ2n) is 6.08. The average molecular weight is 410 g/mol. The number of imidazole rings is 1. The summed E-state index contributed by atoms with van der Waals surface area (Å²) in [7, 11) is 0. The van der Waals surface area contributed by atoms with Crippen LogP contribution in [0.5, 0.6) is 0 Å². The van der Waals surface area contributed by atoms with E-state index in [-0.39, 0.29) is 6.10 Å². The van der Waals surface area contributed by atoms with Crippen LogP contribution >= 0.6 is 34.8 Å². The Morgan fingerprint density at radius 3 is 2.54 bits per heavy atom. The van der Waals surface area contributed by atoms with Gasteiger partial charge in [0.15, 0.2) is 0 Å². The van der Waals surface area contributed by atoms with Gasteiger partial charge in [0.1, 0.15) is 6.10 Å². The molecule has 0 radical (unpaired) electrons. The van der Waals surface area contributed by atoms with E-state index in [0.29, 0.717) is 28.2 Å². The number of halogens is 3. The molecule has 1 saturated heterocycles. The molecule has 134 valence electrons. The number of hydrogen-bond acceptors (Lipinski definition) is 3. The summed E-state index contributed by atoms with van der Waals surface area (Å²) in [4.78, 5) is 4.10. The van der Waals surface area contributed by atoms with Crippen LogP contribution in [0.4, 0.5) is 0 Å². The fourth-order valence-corrected chi connectivity index (χ4v) is 3.76. The van der Waals surface area contributed by atoms with Crippen molar-refractivity contribution in [2.24, 2.45) is 0 Å². The summed E-state index contributed by atoms with van der Waals surface area (Å²) in [6.07, 6.45) is 5.05. The van der Waals surface area contributed by atoms with E-state index in [2.05, 4.69) is 4.98 Å². The second kappa shape index (κ2) is 7.22. The van der Waals surface area contributed by atoms with Crippen LogP contribution in [-0.2, 0) is 21.8 Å². The van der Waals surface area contributed by atoms with Gasteiger partial charge in [-0.05, 0) is 29.8 Å². The molecule has 2 heterocycles. The Bertz CT molecular complexity index is 900. The fraction of sp³-hybridized carbons (Fsp3) is 0.211. The summed E-state index contributed by atoms with van der Waals surface area (Å²) in [6, 6.07) is 12.9. The van der Waals surface area contributed by atoms with Gasteiger partial charge in [-0.2, -0.15) is 0 Å². The Labute approximate surface area is 166 Å². The van der Waals surface area contributed by atoms with E-state index in [0.717, 1.165) is 11.1 Å². The first-order valence-corrected chi connectivity index (χ1v) is 9.18.